The van der Waals surface area contributed by atoms with Crippen LogP contribution in [-0.2, 0) is 6.42 Å². The summed E-state index contributed by atoms with van der Waals surface area (Å²) in [5, 5.41) is 7.10. The van der Waals surface area contributed by atoms with Gasteiger partial charge in [-0.15, -0.1) is 0 Å². The minimum Gasteiger partial charge on any atom is -0.370 e. The first-order valence-corrected chi connectivity index (χ1v) is 8.87. The normalized spacial score (nSPS) is 10.8. The molecule has 0 spiro atoms. The fourth-order valence-electron chi connectivity index (χ4n) is 2.97. The summed E-state index contributed by atoms with van der Waals surface area (Å²) in [5.41, 5.74) is 3.05. The lowest BCUT2D eigenvalue weighted by Crippen LogP contribution is -2.15. The SMILES string of the molecule is O=C(Nc1ccc(F)cc1)c1cc(NCCc2c[nH]c3ccccc23)ncn1. The van der Waals surface area contributed by atoms with E-state index >= 15 is 0 Å². The number of halogens is 1. The topological polar surface area (TPSA) is 82.7 Å². The van der Waals surface area contributed by atoms with Crippen molar-refractivity contribution in [1.29, 1.82) is 0 Å². The number of aromatic nitrogens is 3. The fourth-order valence-corrected chi connectivity index (χ4v) is 2.97. The molecule has 2 aromatic carbocycles. The van der Waals surface area contributed by atoms with Crippen molar-refractivity contribution < 1.29 is 9.18 Å². The molecule has 0 radical (unpaired) electrons. The Morgan fingerprint density at radius 3 is 2.75 bits per heavy atom. The molecule has 7 heteroatoms. The maximum atomic E-state index is 13.0. The summed E-state index contributed by atoms with van der Waals surface area (Å²) in [4.78, 5) is 23.8. The van der Waals surface area contributed by atoms with E-state index < -0.39 is 0 Å². The van der Waals surface area contributed by atoms with E-state index in [0.29, 0.717) is 18.1 Å². The zero-order valence-electron chi connectivity index (χ0n) is 14.9. The fraction of sp³-hybridized carbons (Fsp3) is 0.0952. The van der Waals surface area contributed by atoms with Crippen molar-refractivity contribution in [1.82, 2.24) is 15.0 Å². The van der Waals surface area contributed by atoms with E-state index in [0.717, 1.165) is 11.9 Å². The number of benzene rings is 2. The molecular formula is C21H18FN5O. The number of para-hydroxylation sites is 1. The smallest absolute Gasteiger partial charge is 0.274 e. The van der Waals surface area contributed by atoms with Crippen molar-refractivity contribution in [3.8, 4) is 0 Å². The van der Waals surface area contributed by atoms with Crippen molar-refractivity contribution in [2.75, 3.05) is 17.2 Å². The first kappa shape index (κ1) is 17.7. The Morgan fingerprint density at radius 2 is 1.89 bits per heavy atom. The van der Waals surface area contributed by atoms with Gasteiger partial charge in [-0.05, 0) is 42.3 Å². The molecule has 1 amide bonds. The second-order valence-corrected chi connectivity index (χ2v) is 6.29. The van der Waals surface area contributed by atoms with Crippen LogP contribution in [0.4, 0.5) is 15.9 Å². The quantitative estimate of drug-likeness (QED) is 0.476. The molecule has 4 rings (SSSR count). The van der Waals surface area contributed by atoms with E-state index in [4.69, 9.17) is 0 Å². The third-order valence-electron chi connectivity index (χ3n) is 4.38. The molecule has 0 saturated carbocycles. The molecule has 2 heterocycles. The molecule has 0 aliphatic carbocycles. The standard InChI is InChI=1S/C21H18FN5O/c22-15-5-7-16(8-6-15)27-21(28)19-11-20(26-13-25-19)23-10-9-14-12-24-18-4-2-1-3-17(14)18/h1-8,11-13,24H,9-10H2,(H,27,28)(H,23,25,26). The number of fused-ring (bicyclic) bond motifs is 1. The van der Waals surface area contributed by atoms with Gasteiger partial charge in [-0.3, -0.25) is 4.79 Å². The molecule has 2 aromatic heterocycles. The van der Waals surface area contributed by atoms with Gasteiger partial charge in [-0.2, -0.15) is 0 Å². The molecule has 0 fully saturated rings. The lowest BCUT2D eigenvalue weighted by atomic mass is 10.1. The third-order valence-corrected chi connectivity index (χ3v) is 4.38. The number of hydrogen-bond donors (Lipinski definition) is 3. The Hall–Kier alpha value is -3.74. The summed E-state index contributed by atoms with van der Waals surface area (Å²) >= 11 is 0. The molecule has 3 N–H and O–H groups in total. The van der Waals surface area contributed by atoms with Crippen molar-refractivity contribution in [3.05, 3.63) is 84.2 Å². The Balaban J connectivity index is 1.38. The van der Waals surface area contributed by atoms with Crippen LogP contribution in [0.2, 0.25) is 0 Å². The van der Waals surface area contributed by atoms with Crippen LogP contribution in [0.15, 0.2) is 67.1 Å². The molecule has 4 aromatic rings. The average Bonchev–Trinajstić information content (AvgIpc) is 3.13. The Bertz CT molecular complexity index is 1110. The van der Waals surface area contributed by atoms with E-state index in [1.54, 1.807) is 6.07 Å². The van der Waals surface area contributed by atoms with Gasteiger partial charge in [0.05, 0.1) is 0 Å². The highest BCUT2D eigenvalue weighted by Gasteiger charge is 2.10. The number of hydrogen-bond acceptors (Lipinski definition) is 4. The largest absolute Gasteiger partial charge is 0.370 e. The molecular weight excluding hydrogens is 357 g/mol. The van der Waals surface area contributed by atoms with Crippen LogP contribution >= 0.6 is 0 Å². The number of anilines is 2. The summed E-state index contributed by atoms with van der Waals surface area (Å²) in [7, 11) is 0. The minimum atomic E-state index is -0.381. The summed E-state index contributed by atoms with van der Waals surface area (Å²) in [5.74, 6) is -0.172. The first-order chi connectivity index (χ1) is 13.7. The van der Waals surface area contributed by atoms with Crippen LogP contribution in [-0.4, -0.2) is 27.4 Å². The van der Waals surface area contributed by atoms with Crippen molar-refractivity contribution >= 4 is 28.3 Å². The summed E-state index contributed by atoms with van der Waals surface area (Å²) in [6.07, 6.45) is 4.16. The maximum Gasteiger partial charge on any atom is 0.274 e. The van der Waals surface area contributed by atoms with Gasteiger partial charge in [0.15, 0.2) is 0 Å². The highest BCUT2D eigenvalue weighted by molar-refractivity contribution is 6.03. The second-order valence-electron chi connectivity index (χ2n) is 6.29. The molecule has 0 aliphatic rings. The van der Waals surface area contributed by atoms with E-state index in [-0.39, 0.29) is 17.4 Å². The monoisotopic (exact) mass is 375 g/mol. The van der Waals surface area contributed by atoms with Gasteiger partial charge in [0.1, 0.15) is 23.7 Å². The van der Waals surface area contributed by atoms with Crippen LogP contribution < -0.4 is 10.6 Å². The van der Waals surface area contributed by atoms with Gasteiger partial charge in [0.25, 0.3) is 5.91 Å². The predicted molar refractivity (Wildman–Crippen MR) is 107 cm³/mol. The number of carbonyl (C=O) groups is 1. The number of rotatable bonds is 6. The molecule has 0 aliphatic heterocycles. The van der Waals surface area contributed by atoms with E-state index in [1.807, 2.05) is 24.4 Å². The molecule has 140 valence electrons. The van der Waals surface area contributed by atoms with E-state index in [9.17, 15) is 9.18 Å². The van der Waals surface area contributed by atoms with Crippen LogP contribution in [0, 0.1) is 5.82 Å². The third kappa shape index (κ3) is 3.98. The zero-order chi connectivity index (χ0) is 19.3. The van der Waals surface area contributed by atoms with Crippen LogP contribution in [0.5, 0.6) is 0 Å². The molecule has 0 saturated heterocycles. The number of amides is 1. The van der Waals surface area contributed by atoms with E-state index in [2.05, 4.69) is 31.7 Å². The molecule has 6 nitrogen and oxygen atoms in total. The summed E-state index contributed by atoms with van der Waals surface area (Å²) in [6, 6.07) is 15.3. The number of aromatic amines is 1. The predicted octanol–water partition coefficient (Wildman–Crippen LogP) is 4.00. The molecule has 0 unspecified atom stereocenters. The van der Waals surface area contributed by atoms with Gasteiger partial charge in [-0.1, -0.05) is 18.2 Å². The van der Waals surface area contributed by atoms with Crippen LogP contribution in [0.25, 0.3) is 10.9 Å². The summed E-state index contributed by atoms with van der Waals surface area (Å²) in [6.45, 7) is 0.665. The van der Waals surface area contributed by atoms with Gasteiger partial charge in [-0.25, -0.2) is 14.4 Å². The molecule has 0 bridgehead atoms. The van der Waals surface area contributed by atoms with Crippen LogP contribution in [0.1, 0.15) is 16.1 Å². The van der Waals surface area contributed by atoms with Crippen molar-refractivity contribution in [3.63, 3.8) is 0 Å². The van der Waals surface area contributed by atoms with E-state index in [1.165, 1.54) is 41.5 Å². The maximum absolute atomic E-state index is 13.0. The second kappa shape index (κ2) is 7.87. The Kier molecular flexibility index (Phi) is 4.97. The molecule has 28 heavy (non-hydrogen) atoms. The first-order valence-electron chi connectivity index (χ1n) is 8.87. The average molecular weight is 375 g/mol. The van der Waals surface area contributed by atoms with Gasteiger partial charge in [0.2, 0.25) is 0 Å². The minimum absolute atomic E-state index is 0.230. The highest BCUT2D eigenvalue weighted by Crippen LogP contribution is 2.18. The number of nitrogens with one attached hydrogen (secondary N) is 3. The van der Waals surface area contributed by atoms with Crippen molar-refractivity contribution in [2.45, 2.75) is 6.42 Å². The zero-order valence-corrected chi connectivity index (χ0v) is 14.9. The highest BCUT2D eigenvalue weighted by atomic mass is 19.1. The van der Waals surface area contributed by atoms with Crippen molar-refractivity contribution in [2.24, 2.45) is 0 Å². The van der Waals surface area contributed by atoms with Gasteiger partial charge < -0.3 is 15.6 Å². The number of nitrogens with zero attached hydrogens (tertiary/aromatic N) is 2. The van der Waals surface area contributed by atoms with Crippen LogP contribution in [0.3, 0.4) is 0 Å². The summed E-state index contributed by atoms with van der Waals surface area (Å²) < 4.78 is 13.0. The Labute approximate surface area is 160 Å². The van der Waals surface area contributed by atoms with Gasteiger partial charge >= 0.3 is 0 Å². The number of carbonyl (C=O) groups excluding carboxylic acids is 1. The molecule has 0 atom stereocenters. The lowest BCUT2D eigenvalue weighted by Gasteiger charge is -2.08. The number of H-pyrrole nitrogens is 1. The van der Waals surface area contributed by atoms with Gasteiger partial charge in [0, 0.05) is 35.4 Å². The lowest BCUT2D eigenvalue weighted by molar-refractivity contribution is 0.102. The Morgan fingerprint density at radius 1 is 1.07 bits per heavy atom.